The molecule has 0 unspecified atom stereocenters. The lowest BCUT2D eigenvalue weighted by atomic mass is 10.1. The molecule has 1 aromatic carbocycles. The largest absolute Gasteiger partial charge is 0.299 e. The second kappa shape index (κ2) is 4.17. The van der Waals surface area contributed by atoms with Crippen LogP contribution < -0.4 is 4.90 Å². The van der Waals surface area contributed by atoms with Crippen molar-refractivity contribution in [1.82, 2.24) is 10.3 Å². The maximum atomic E-state index is 12.0. The molecular weight excluding hydrogens is 270 g/mol. The van der Waals surface area contributed by atoms with Crippen molar-refractivity contribution in [2.24, 2.45) is 0 Å². The quantitative estimate of drug-likeness (QED) is 0.782. The number of carbonyl (C=O) groups excluding carboxylic acids is 2. The number of amides is 1. The van der Waals surface area contributed by atoms with Crippen molar-refractivity contribution in [2.45, 2.75) is 13.5 Å². The van der Waals surface area contributed by atoms with E-state index < -0.39 is 11.7 Å². The highest BCUT2D eigenvalue weighted by Gasteiger charge is 2.36. The van der Waals surface area contributed by atoms with Crippen LogP contribution in [-0.4, -0.2) is 22.0 Å². The average molecular weight is 278 g/mol. The van der Waals surface area contributed by atoms with Crippen molar-refractivity contribution in [3.05, 3.63) is 40.2 Å². The fourth-order valence-corrected chi connectivity index (χ4v) is 2.14. The number of rotatable bonds is 2. The molecule has 1 aliphatic rings. The summed E-state index contributed by atoms with van der Waals surface area (Å²) in [6.07, 6.45) is 0. The SMILES string of the molecule is Cc1nonc1CN1C(=O)C(=O)c2cc(Cl)ccc21. The molecule has 0 radical (unpaired) electrons. The summed E-state index contributed by atoms with van der Waals surface area (Å²) in [5.41, 5.74) is 1.94. The van der Waals surface area contributed by atoms with E-state index in [1.807, 2.05) is 0 Å². The Bertz CT molecular complexity index is 695. The number of nitrogens with zero attached hydrogens (tertiary/aromatic N) is 3. The Balaban J connectivity index is 2.02. The molecule has 1 aliphatic heterocycles. The highest BCUT2D eigenvalue weighted by Crippen LogP contribution is 2.32. The summed E-state index contributed by atoms with van der Waals surface area (Å²) in [4.78, 5) is 25.2. The predicted molar refractivity (Wildman–Crippen MR) is 66.0 cm³/mol. The van der Waals surface area contributed by atoms with Crippen LogP contribution in [0.4, 0.5) is 5.69 Å². The minimum atomic E-state index is -0.598. The van der Waals surface area contributed by atoms with Crippen LogP contribution >= 0.6 is 11.6 Å². The molecule has 0 saturated carbocycles. The third-order valence-electron chi connectivity index (χ3n) is 2.99. The molecule has 0 bridgehead atoms. The van der Waals surface area contributed by atoms with Crippen molar-refractivity contribution in [2.75, 3.05) is 4.90 Å². The Morgan fingerprint density at radius 1 is 1.32 bits per heavy atom. The van der Waals surface area contributed by atoms with E-state index >= 15 is 0 Å². The first kappa shape index (κ1) is 11.9. The van der Waals surface area contributed by atoms with E-state index in [2.05, 4.69) is 14.9 Å². The van der Waals surface area contributed by atoms with Crippen LogP contribution in [-0.2, 0) is 11.3 Å². The highest BCUT2D eigenvalue weighted by molar-refractivity contribution is 6.52. The Hall–Kier alpha value is -2.21. The first-order chi connectivity index (χ1) is 9.08. The summed E-state index contributed by atoms with van der Waals surface area (Å²) >= 11 is 5.83. The zero-order valence-electron chi connectivity index (χ0n) is 9.88. The number of halogens is 1. The summed E-state index contributed by atoms with van der Waals surface area (Å²) in [7, 11) is 0. The molecule has 3 rings (SSSR count). The molecule has 2 heterocycles. The van der Waals surface area contributed by atoms with Crippen LogP contribution in [0.15, 0.2) is 22.8 Å². The number of hydrogen-bond donors (Lipinski definition) is 0. The summed E-state index contributed by atoms with van der Waals surface area (Å²) in [5.74, 6) is -1.16. The topological polar surface area (TPSA) is 76.3 Å². The predicted octanol–water partition coefficient (Wildman–Crippen LogP) is 1.76. The molecular formula is C12H8ClN3O3. The standard InChI is InChI=1S/C12H8ClN3O3/c1-6-9(15-19-14-6)5-16-10-3-2-7(13)4-8(10)11(17)12(16)18/h2-4H,5H2,1H3. The van der Waals surface area contributed by atoms with Crippen molar-refractivity contribution < 1.29 is 14.2 Å². The number of carbonyl (C=O) groups is 2. The number of fused-ring (bicyclic) bond motifs is 1. The van der Waals surface area contributed by atoms with Gasteiger partial charge in [0.1, 0.15) is 11.4 Å². The fourth-order valence-electron chi connectivity index (χ4n) is 1.97. The second-order valence-electron chi connectivity index (χ2n) is 4.18. The van der Waals surface area contributed by atoms with Gasteiger partial charge in [0.2, 0.25) is 0 Å². The minimum Gasteiger partial charge on any atom is -0.299 e. The van der Waals surface area contributed by atoms with Gasteiger partial charge in [-0.1, -0.05) is 21.9 Å². The zero-order chi connectivity index (χ0) is 13.6. The summed E-state index contributed by atoms with van der Waals surface area (Å²) < 4.78 is 4.58. The van der Waals surface area contributed by atoms with Gasteiger partial charge in [-0.15, -0.1) is 0 Å². The van der Waals surface area contributed by atoms with Gasteiger partial charge in [0.05, 0.1) is 17.8 Å². The molecule has 0 fully saturated rings. The van der Waals surface area contributed by atoms with Crippen LogP contribution in [0.3, 0.4) is 0 Å². The molecule has 96 valence electrons. The molecule has 6 nitrogen and oxygen atoms in total. The maximum absolute atomic E-state index is 12.0. The van der Waals surface area contributed by atoms with Gasteiger partial charge >= 0.3 is 0 Å². The molecule has 0 N–H and O–H groups in total. The fraction of sp³-hybridized carbons (Fsp3) is 0.167. The van der Waals surface area contributed by atoms with Crippen molar-refractivity contribution >= 4 is 29.0 Å². The first-order valence-corrected chi connectivity index (χ1v) is 5.89. The Morgan fingerprint density at radius 2 is 2.11 bits per heavy atom. The highest BCUT2D eigenvalue weighted by atomic mass is 35.5. The number of ketones is 1. The van der Waals surface area contributed by atoms with E-state index in [9.17, 15) is 9.59 Å². The summed E-state index contributed by atoms with van der Waals surface area (Å²) in [6.45, 7) is 1.87. The van der Waals surface area contributed by atoms with E-state index in [1.165, 1.54) is 11.0 Å². The number of Topliss-reactive ketones (excluding diaryl/α,β-unsaturated/α-hetero) is 1. The monoisotopic (exact) mass is 277 g/mol. The van der Waals surface area contributed by atoms with Gasteiger partial charge in [-0.2, -0.15) is 0 Å². The van der Waals surface area contributed by atoms with Gasteiger partial charge in [-0.3, -0.25) is 14.5 Å². The van der Waals surface area contributed by atoms with E-state index in [1.54, 1.807) is 19.1 Å². The third kappa shape index (κ3) is 1.80. The van der Waals surface area contributed by atoms with Crippen molar-refractivity contribution in [1.29, 1.82) is 0 Å². The summed E-state index contributed by atoms with van der Waals surface area (Å²) in [6, 6.07) is 4.77. The van der Waals surface area contributed by atoms with Gasteiger partial charge < -0.3 is 0 Å². The van der Waals surface area contributed by atoms with Crippen LogP contribution in [0.5, 0.6) is 0 Å². The Kier molecular flexibility index (Phi) is 2.60. The molecule has 1 aromatic heterocycles. The number of aromatic nitrogens is 2. The molecule has 0 atom stereocenters. The third-order valence-corrected chi connectivity index (χ3v) is 3.22. The first-order valence-electron chi connectivity index (χ1n) is 5.51. The zero-order valence-corrected chi connectivity index (χ0v) is 10.6. The lowest BCUT2D eigenvalue weighted by molar-refractivity contribution is -0.114. The Morgan fingerprint density at radius 3 is 2.79 bits per heavy atom. The average Bonchev–Trinajstić information content (AvgIpc) is 2.88. The normalized spacial score (nSPS) is 14.1. The number of benzene rings is 1. The minimum absolute atomic E-state index is 0.147. The van der Waals surface area contributed by atoms with Gasteiger partial charge in [-0.25, -0.2) is 4.63 Å². The van der Waals surface area contributed by atoms with E-state index in [0.717, 1.165) is 0 Å². The lowest BCUT2D eigenvalue weighted by Gasteiger charge is -2.14. The van der Waals surface area contributed by atoms with Gasteiger partial charge in [-0.05, 0) is 25.1 Å². The van der Waals surface area contributed by atoms with E-state index in [4.69, 9.17) is 11.6 Å². The second-order valence-corrected chi connectivity index (χ2v) is 4.61. The van der Waals surface area contributed by atoms with E-state index in [-0.39, 0.29) is 6.54 Å². The molecule has 2 aromatic rings. The molecule has 0 spiro atoms. The molecule has 0 aliphatic carbocycles. The molecule has 19 heavy (non-hydrogen) atoms. The van der Waals surface area contributed by atoms with Crippen LogP contribution in [0.25, 0.3) is 0 Å². The molecule has 1 amide bonds. The Labute approximate surface area is 112 Å². The van der Waals surface area contributed by atoms with Crippen LogP contribution in [0, 0.1) is 6.92 Å². The smallest absolute Gasteiger partial charge is 0.299 e. The number of anilines is 1. The van der Waals surface area contributed by atoms with E-state index in [0.29, 0.717) is 27.7 Å². The number of hydrogen-bond acceptors (Lipinski definition) is 5. The molecule has 0 saturated heterocycles. The molecule has 7 heteroatoms. The van der Waals surface area contributed by atoms with Crippen LogP contribution in [0.2, 0.25) is 5.02 Å². The maximum Gasteiger partial charge on any atom is 0.299 e. The van der Waals surface area contributed by atoms with Gasteiger partial charge in [0, 0.05) is 5.02 Å². The number of aryl methyl sites for hydroxylation is 1. The van der Waals surface area contributed by atoms with Gasteiger partial charge in [0.25, 0.3) is 11.7 Å². The van der Waals surface area contributed by atoms with Crippen LogP contribution in [0.1, 0.15) is 21.7 Å². The summed E-state index contributed by atoms with van der Waals surface area (Å²) in [5, 5.41) is 7.77. The lowest BCUT2D eigenvalue weighted by Crippen LogP contribution is -2.29. The van der Waals surface area contributed by atoms with Gasteiger partial charge in [0.15, 0.2) is 0 Å². The van der Waals surface area contributed by atoms with Crippen molar-refractivity contribution in [3.8, 4) is 0 Å². The van der Waals surface area contributed by atoms with Crippen molar-refractivity contribution in [3.63, 3.8) is 0 Å².